The van der Waals surface area contributed by atoms with E-state index in [1.165, 1.54) is 45.1 Å². The van der Waals surface area contributed by atoms with E-state index in [1.54, 1.807) is 16.8 Å². The molecule has 2 amide bonds. The molecule has 1 N–H and O–H groups in total. The number of nitrogens with zero attached hydrogens (tertiary/aromatic N) is 3. The Morgan fingerprint density at radius 3 is 2.76 bits per heavy atom. The molecule has 3 unspecified atom stereocenters. The van der Waals surface area contributed by atoms with E-state index >= 15 is 0 Å². The fourth-order valence-corrected chi connectivity index (χ4v) is 6.60. The van der Waals surface area contributed by atoms with Crippen LogP contribution in [-0.2, 0) is 19.6 Å². The van der Waals surface area contributed by atoms with Gasteiger partial charge in [0.05, 0.1) is 12.6 Å². The van der Waals surface area contributed by atoms with Crippen molar-refractivity contribution >= 4 is 39.1 Å². The van der Waals surface area contributed by atoms with Gasteiger partial charge in [-0.2, -0.15) is 4.31 Å². The molecule has 2 aliphatic rings. The summed E-state index contributed by atoms with van der Waals surface area (Å²) in [5.41, 5.74) is 0. The van der Waals surface area contributed by atoms with E-state index in [0.29, 0.717) is 18.6 Å². The molecule has 10 nitrogen and oxygen atoms in total. The molecule has 4 heterocycles. The number of likely N-dealkylation sites (tertiary alicyclic amines) is 1. The SMILES string of the molecule is CC(C)CC(NC(=O)Oc1ccsc1)C(=O)N1CCC2C1C(=O)CN2S(=O)(=O)c1cccnc1. The van der Waals surface area contributed by atoms with Gasteiger partial charge in [-0.25, -0.2) is 13.2 Å². The Hall–Kier alpha value is -2.83. The van der Waals surface area contributed by atoms with Crippen LogP contribution in [0, 0.1) is 5.92 Å². The zero-order chi connectivity index (χ0) is 24.5. The summed E-state index contributed by atoms with van der Waals surface area (Å²) in [6, 6.07) is 2.15. The molecule has 0 aromatic carbocycles. The molecule has 0 spiro atoms. The van der Waals surface area contributed by atoms with Gasteiger partial charge in [-0.15, -0.1) is 11.3 Å². The lowest BCUT2D eigenvalue weighted by Gasteiger charge is -2.28. The number of pyridine rings is 1. The molecule has 0 bridgehead atoms. The third kappa shape index (κ3) is 4.84. The van der Waals surface area contributed by atoms with E-state index in [-0.39, 0.29) is 29.7 Å². The van der Waals surface area contributed by atoms with E-state index in [9.17, 15) is 22.8 Å². The van der Waals surface area contributed by atoms with Crippen molar-refractivity contribution in [1.29, 1.82) is 0 Å². The highest BCUT2D eigenvalue weighted by molar-refractivity contribution is 7.89. The number of rotatable bonds is 7. The Morgan fingerprint density at radius 2 is 2.12 bits per heavy atom. The highest BCUT2D eigenvalue weighted by Gasteiger charge is 2.54. The summed E-state index contributed by atoms with van der Waals surface area (Å²) in [4.78, 5) is 44.0. The summed E-state index contributed by atoms with van der Waals surface area (Å²) in [7, 11) is -3.94. The van der Waals surface area contributed by atoms with Crippen molar-refractivity contribution in [2.75, 3.05) is 13.1 Å². The minimum Gasteiger partial charge on any atom is -0.409 e. The number of ether oxygens (including phenoxy) is 1. The molecule has 0 radical (unpaired) electrons. The number of fused-ring (bicyclic) bond motifs is 1. The fraction of sp³-hybridized carbons (Fsp3) is 0.455. The van der Waals surface area contributed by atoms with E-state index < -0.39 is 40.1 Å². The standard InChI is InChI=1S/C22H26N4O6S2/c1-14(2)10-17(24-22(29)32-15-6-9-33-13-15)21(28)25-8-5-18-20(25)19(27)12-26(18)34(30,31)16-4-3-7-23-11-16/h3-4,6-7,9,11,13-14,17-18,20H,5,8,10,12H2,1-2H3,(H,24,29). The molecule has 2 saturated heterocycles. The number of carbonyl (C=O) groups excluding carboxylic acids is 3. The van der Waals surface area contributed by atoms with Crippen molar-refractivity contribution in [2.24, 2.45) is 5.92 Å². The topological polar surface area (TPSA) is 126 Å². The molecule has 3 atom stereocenters. The zero-order valence-corrected chi connectivity index (χ0v) is 20.4. The predicted octanol–water partition coefficient (Wildman–Crippen LogP) is 1.89. The Bertz CT molecular complexity index is 1150. The molecule has 2 aromatic rings. The minimum atomic E-state index is -3.94. The number of thiophene rings is 1. The predicted molar refractivity (Wildman–Crippen MR) is 124 cm³/mol. The number of carbonyl (C=O) groups is 3. The smallest absolute Gasteiger partial charge is 0.409 e. The van der Waals surface area contributed by atoms with Crippen molar-refractivity contribution < 1.29 is 27.5 Å². The number of hydrogen-bond acceptors (Lipinski definition) is 8. The molecule has 12 heteroatoms. The van der Waals surface area contributed by atoms with Crippen LogP contribution in [0.2, 0.25) is 0 Å². The number of Topliss-reactive ketones (excluding diaryl/α,β-unsaturated/α-hetero) is 1. The van der Waals surface area contributed by atoms with Gasteiger partial charge < -0.3 is 15.0 Å². The summed E-state index contributed by atoms with van der Waals surface area (Å²) < 4.78 is 32.7. The monoisotopic (exact) mass is 506 g/mol. The van der Waals surface area contributed by atoms with E-state index in [4.69, 9.17) is 4.74 Å². The molecule has 2 fully saturated rings. The van der Waals surface area contributed by atoms with Gasteiger partial charge >= 0.3 is 6.09 Å². The van der Waals surface area contributed by atoms with E-state index in [1.807, 2.05) is 13.8 Å². The molecular weight excluding hydrogens is 480 g/mol. The summed E-state index contributed by atoms with van der Waals surface area (Å²) in [6.45, 7) is 3.75. The van der Waals surface area contributed by atoms with Crippen molar-refractivity contribution in [3.05, 3.63) is 41.4 Å². The summed E-state index contributed by atoms with van der Waals surface area (Å²) in [6.07, 6.45) is 2.63. The van der Waals surface area contributed by atoms with Gasteiger partial charge in [0, 0.05) is 24.3 Å². The number of hydrogen-bond donors (Lipinski definition) is 1. The third-order valence-electron chi connectivity index (χ3n) is 5.90. The molecule has 34 heavy (non-hydrogen) atoms. The quantitative estimate of drug-likeness (QED) is 0.608. The van der Waals surface area contributed by atoms with Crippen LogP contribution in [0.25, 0.3) is 0 Å². The second-order valence-corrected chi connectivity index (χ2v) is 11.4. The first kappa shape index (κ1) is 24.3. The van der Waals surface area contributed by atoms with Crippen LogP contribution < -0.4 is 10.1 Å². The fourth-order valence-electron chi connectivity index (χ4n) is 4.46. The van der Waals surface area contributed by atoms with Gasteiger partial charge in [-0.1, -0.05) is 13.8 Å². The van der Waals surface area contributed by atoms with Gasteiger partial charge in [0.2, 0.25) is 15.9 Å². The van der Waals surface area contributed by atoms with Gasteiger partial charge in [0.15, 0.2) is 5.78 Å². The van der Waals surface area contributed by atoms with Crippen molar-refractivity contribution in [3.8, 4) is 5.75 Å². The summed E-state index contributed by atoms with van der Waals surface area (Å²) in [5, 5.41) is 6.06. The number of amides is 2. The summed E-state index contributed by atoms with van der Waals surface area (Å²) in [5.74, 6) is -0.304. The Morgan fingerprint density at radius 1 is 1.32 bits per heavy atom. The first-order chi connectivity index (χ1) is 16.2. The average Bonchev–Trinajstić information content (AvgIpc) is 3.52. The van der Waals surface area contributed by atoms with Crippen molar-refractivity contribution in [1.82, 2.24) is 19.5 Å². The van der Waals surface area contributed by atoms with Crippen molar-refractivity contribution in [2.45, 2.75) is 49.7 Å². The molecular formula is C22H26N4O6S2. The average molecular weight is 507 g/mol. The Labute approximate surface area is 202 Å². The number of aromatic nitrogens is 1. The number of ketones is 1. The van der Waals surface area contributed by atoms with Crippen LogP contribution in [0.1, 0.15) is 26.7 Å². The van der Waals surface area contributed by atoms with Crippen LogP contribution >= 0.6 is 11.3 Å². The lowest BCUT2D eigenvalue weighted by molar-refractivity contribution is -0.138. The van der Waals surface area contributed by atoms with Crippen molar-refractivity contribution in [3.63, 3.8) is 0 Å². The lowest BCUT2D eigenvalue weighted by Crippen LogP contribution is -2.53. The molecule has 0 aliphatic carbocycles. The highest BCUT2D eigenvalue weighted by Crippen LogP contribution is 2.34. The van der Waals surface area contributed by atoms with Gasteiger partial charge in [0.1, 0.15) is 22.7 Å². The molecule has 2 aromatic heterocycles. The Balaban J connectivity index is 1.51. The van der Waals surface area contributed by atoms with E-state index in [0.717, 1.165) is 0 Å². The molecule has 182 valence electrons. The minimum absolute atomic E-state index is 0.00348. The normalized spacial score (nSPS) is 21.5. The third-order valence-corrected chi connectivity index (χ3v) is 8.42. The van der Waals surface area contributed by atoms with Crippen LogP contribution in [0.5, 0.6) is 5.75 Å². The second-order valence-electron chi connectivity index (χ2n) is 8.71. The molecule has 2 aliphatic heterocycles. The Kier molecular flexibility index (Phi) is 7.01. The largest absolute Gasteiger partial charge is 0.413 e. The number of sulfonamides is 1. The van der Waals surface area contributed by atoms with E-state index in [2.05, 4.69) is 10.3 Å². The van der Waals surface area contributed by atoms with Crippen LogP contribution in [0.4, 0.5) is 4.79 Å². The lowest BCUT2D eigenvalue weighted by atomic mass is 10.0. The zero-order valence-electron chi connectivity index (χ0n) is 18.8. The maximum absolute atomic E-state index is 13.5. The van der Waals surface area contributed by atoms with Crippen LogP contribution in [0.3, 0.4) is 0 Å². The molecule has 4 rings (SSSR count). The van der Waals surface area contributed by atoms with Crippen LogP contribution in [0.15, 0.2) is 46.2 Å². The van der Waals surface area contributed by atoms with Gasteiger partial charge in [-0.05, 0) is 42.3 Å². The number of nitrogens with one attached hydrogen (secondary N) is 1. The second kappa shape index (κ2) is 9.80. The summed E-state index contributed by atoms with van der Waals surface area (Å²) >= 11 is 1.37. The molecule has 0 saturated carbocycles. The first-order valence-corrected chi connectivity index (χ1v) is 13.3. The maximum atomic E-state index is 13.5. The van der Waals surface area contributed by atoms with Crippen LogP contribution in [-0.4, -0.2) is 71.6 Å². The van der Waals surface area contributed by atoms with Gasteiger partial charge in [-0.3, -0.25) is 14.6 Å². The maximum Gasteiger partial charge on any atom is 0.413 e. The first-order valence-electron chi connectivity index (χ1n) is 10.9. The van der Waals surface area contributed by atoms with Gasteiger partial charge in [0.25, 0.3) is 0 Å². The highest BCUT2D eigenvalue weighted by atomic mass is 32.2.